The highest BCUT2D eigenvalue weighted by molar-refractivity contribution is 6.01. The third-order valence-corrected chi connectivity index (χ3v) is 4.84. The van der Waals surface area contributed by atoms with Crippen LogP contribution in [0.5, 0.6) is 0 Å². The van der Waals surface area contributed by atoms with Crippen LogP contribution >= 0.6 is 12.4 Å². The molecular formula is C23H28ClFN2. The highest BCUT2D eigenvalue weighted by Crippen LogP contribution is 2.37. The third-order valence-electron chi connectivity index (χ3n) is 4.84. The summed E-state index contributed by atoms with van der Waals surface area (Å²) in [5, 5.41) is 1.19. The fourth-order valence-corrected chi connectivity index (χ4v) is 3.44. The van der Waals surface area contributed by atoms with Crippen LogP contribution in [0.2, 0.25) is 0 Å². The minimum Gasteiger partial charge on any atom is -0.338 e. The van der Waals surface area contributed by atoms with Gasteiger partial charge in [0.15, 0.2) is 0 Å². The molecule has 1 atom stereocenters. The fraction of sp³-hybridized carbons (Fsp3) is 0.304. The molecule has 0 aliphatic heterocycles. The summed E-state index contributed by atoms with van der Waals surface area (Å²) in [6.45, 7) is 6.49. The lowest BCUT2D eigenvalue weighted by Crippen LogP contribution is -2.16. The van der Waals surface area contributed by atoms with E-state index in [1.165, 1.54) is 23.0 Å². The normalized spacial score (nSPS) is 12.7. The maximum absolute atomic E-state index is 13.4. The second-order valence-corrected chi connectivity index (χ2v) is 7.05. The molecule has 2 N–H and O–H groups in total. The summed E-state index contributed by atoms with van der Waals surface area (Å²) in [4.78, 5) is 0. The van der Waals surface area contributed by atoms with Gasteiger partial charge in [0.2, 0.25) is 0 Å². The molecule has 0 amide bonds. The van der Waals surface area contributed by atoms with Gasteiger partial charge in [-0.15, -0.1) is 12.4 Å². The van der Waals surface area contributed by atoms with E-state index in [0.29, 0.717) is 6.04 Å². The molecule has 27 heavy (non-hydrogen) atoms. The molecule has 1 aromatic heterocycles. The smallest absolute Gasteiger partial charge is 0.123 e. The zero-order valence-electron chi connectivity index (χ0n) is 16.2. The van der Waals surface area contributed by atoms with Gasteiger partial charge in [0.05, 0.1) is 0 Å². The largest absolute Gasteiger partial charge is 0.338 e. The van der Waals surface area contributed by atoms with Crippen LogP contribution in [0.25, 0.3) is 28.1 Å². The molecule has 3 rings (SSSR count). The highest BCUT2D eigenvalue weighted by atomic mass is 35.5. The minimum absolute atomic E-state index is 0. The number of nitrogens with two attached hydrogens (primary N) is 1. The van der Waals surface area contributed by atoms with Crippen molar-refractivity contribution in [2.75, 3.05) is 0 Å². The fourth-order valence-electron chi connectivity index (χ4n) is 3.44. The maximum atomic E-state index is 13.4. The van der Waals surface area contributed by atoms with Crippen molar-refractivity contribution in [2.45, 2.75) is 45.7 Å². The molecule has 0 aliphatic carbocycles. The van der Waals surface area contributed by atoms with Crippen LogP contribution in [0.3, 0.4) is 0 Å². The molecular weight excluding hydrogens is 359 g/mol. The molecule has 144 valence electrons. The molecule has 1 unspecified atom stereocenters. The van der Waals surface area contributed by atoms with Crippen molar-refractivity contribution in [2.24, 2.45) is 5.73 Å². The van der Waals surface area contributed by atoms with Crippen LogP contribution in [0, 0.1) is 5.82 Å². The number of hydrogen-bond acceptors (Lipinski definition) is 1. The first-order chi connectivity index (χ1) is 12.5. The molecule has 0 fully saturated rings. The summed E-state index contributed by atoms with van der Waals surface area (Å²) in [5.41, 5.74) is 10.6. The number of para-hydroxylation sites is 1. The summed E-state index contributed by atoms with van der Waals surface area (Å²) in [6.07, 6.45) is 6.14. The first-order valence-electron chi connectivity index (χ1n) is 9.34. The second-order valence-electron chi connectivity index (χ2n) is 7.05. The Morgan fingerprint density at radius 1 is 1.07 bits per heavy atom. The predicted molar refractivity (Wildman–Crippen MR) is 117 cm³/mol. The Morgan fingerprint density at radius 2 is 1.74 bits per heavy atom. The van der Waals surface area contributed by atoms with E-state index in [1.54, 1.807) is 0 Å². The van der Waals surface area contributed by atoms with E-state index in [4.69, 9.17) is 5.73 Å². The Labute approximate surface area is 167 Å². The Hall–Kier alpha value is -2.10. The summed E-state index contributed by atoms with van der Waals surface area (Å²) in [5.74, 6) is -0.215. The predicted octanol–water partition coefficient (Wildman–Crippen LogP) is 6.59. The number of hydrogen-bond donors (Lipinski definition) is 1. The first-order valence-corrected chi connectivity index (χ1v) is 9.34. The van der Waals surface area contributed by atoms with Crippen LogP contribution in [0.15, 0.2) is 54.6 Å². The summed E-state index contributed by atoms with van der Waals surface area (Å²) >= 11 is 0. The van der Waals surface area contributed by atoms with Crippen LogP contribution in [0.4, 0.5) is 4.39 Å². The number of fused-ring (bicyclic) bond motifs is 1. The van der Waals surface area contributed by atoms with E-state index in [1.807, 2.05) is 12.1 Å². The lowest BCUT2D eigenvalue weighted by Gasteiger charge is -2.14. The molecule has 0 saturated heterocycles. The maximum Gasteiger partial charge on any atom is 0.123 e. The van der Waals surface area contributed by atoms with Crippen molar-refractivity contribution in [3.05, 3.63) is 66.1 Å². The lowest BCUT2D eigenvalue weighted by atomic mass is 10.0. The van der Waals surface area contributed by atoms with Gasteiger partial charge in [0.25, 0.3) is 0 Å². The SMILES string of the molecule is CCC(N)C/C=C/c1c(-c2ccc(F)cc2)c2ccccc2n1C(C)C.Cl. The standard InChI is InChI=1S/C23H27FN2.ClH/c1-4-19(25)8-7-11-22-23(17-12-14-18(24)15-13-17)20-9-5-6-10-21(20)26(22)16(2)3;/h5-7,9-16,19H,4,8,25H2,1-3H3;1H/b11-7+;. The van der Waals surface area contributed by atoms with Crippen molar-refractivity contribution in [3.63, 3.8) is 0 Å². The zero-order chi connectivity index (χ0) is 18.7. The van der Waals surface area contributed by atoms with Gasteiger partial charge in [-0.25, -0.2) is 4.39 Å². The van der Waals surface area contributed by atoms with Gasteiger partial charge in [-0.1, -0.05) is 43.3 Å². The Bertz CT molecular complexity index is 910. The molecule has 0 saturated carbocycles. The van der Waals surface area contributed by atoms with Gasteiger partial charge in [0.1, 0.15) is 5.82 Å². The second kappa shape index (κ2) is 9.20. The van der Waals surface area contributed by atoms with E-state index in [2.05, 4.69) is 61.8 Å². The third kappa shape index (κ3) is 4.42. The highest BCUT2D eigenvalue weighted by Gasteiger charge is 2.18. The zero-order valence-corrected chi connectivity index (χ0v) is 17.0. The van der Waals surface area contributed by atoms with Crippen LogP contribution in [-0.4, -0.2) is 10.6 Å². The van der Waals surface area contributed by atoms with Crippen molar-refractivity contribution in [1.82, 2.24) is 4.57 Å². The van der Waals surface area contributed by atoms with Crippen LogP contribution in [0.1, 0.15) is 45.3 Å². The van der Waals surface area contributed by atoms with Crippen molar-refractivity contribution >= 4 is 29.4 Å². The molecule has 0 spiro atoms. The van der Waals surface area contributed by atoms with Crippen molar-refractivity contribution < 1.29 is 4.39 Å². The van der Waals surface area contributed by atoms with Gasteiger partial charge in [0, 0.05) is 34.2 Å². The average molecular weight is 387 g/mol. The molecule has 3 aromatic rings. The van der Waals surface area contributed by atoms with Crippen molar-refractivity contribution in [1.29, 1.82) is 0 Å². The van der Waals surface area contributed by atoms with E-state index in [9.17, 15) is 4.39 Å². The van der Waals surface area contributed by atoms with Gasteiger partial charge >= 0.3 is 0 Å². The van der Waals surface area contributed by atoms with E-state index in [0.717, 1.165) is 29.7 Å². The quantitative estimate of drug-likeness (QED) is 0.508. The summed E-state index contributed by atoms with van der Waals surface area (Å²) < 4.78 is 15.8. The monoisotopic (exact) mass is 386 g/mol. The van der Waals surface area contributed by atoms with Gasteiger partial charge in [-0.05, 0) is 56.5 Å². The van der Waals surface area contributed by atoms with Crippen molar-refractivity contribution in [3.8, 4) is 11.1 Å². The van der Waals surface area contributed by atoms with E-state index < -0.39 is 0 Å². The van der Waals surface area contributed by atoms with Crippen LogP contribution in [-0.2, 0) is 0 Å². The summed E-state index contributed by atoms with van der Waals surface area (Å²) in [6, 6.07) is 15.7. The molecule has 4 heteroatoms. The Balaban J connectivity index is 0.00000261. The molecule has 0 radical (unpaired) electrons. The Kier molecular flexibility index (Phi) is 7.23. The van der Waals surface area contributed by atoms with E-state index >= 15 is 0 Å². The molecule has 1 heterocycles. The van der Waals surface area contributed by atoms with Gasteiger partial charge in [-0.3, -0.25) is 0 Å². The van der Waals surface area contributed by atoms with E-state index in [-0.39, 0.29) is 24.3 Å². The molecule has 2 aromatic carbocycles. The average Bonchev–Trinajstić information content (AvgIpc) is 2.96. The molecule has 2 nitrogen and oxygen atoms in total. The topological polar surface area (TPSA) is 30.9 Å². The number of nitrogens with zero attached hydrogens (tertiary/aromatic N) is 1. The molecule has 0 aliphatic rings. The molecule has 0 bridgehead atoms. The Morgan fingerprint density at radius 3 is 2.37 bits per heavy atom. The number of halogens is 2. The van der Waals surface area contributed by atoms with Gasteiger partial charge < -0.3 is 10.3 Å². The number of aromatic nitrogens is 1. The number of rotatable bonds is 6. The van der Waals surface area contributed by atoms with Gasteiger partial charge in [-0.2, -0.15) is 0 Å². The number of benzene rings is 2. The lowest BCUT2D eigenvalue weighted by molar-refractivity contribution is 0.618. The summed E-state index contributed by atoms with van der Waals surface area (Å²) in [7, 11) is 0. The first kappa shape index (κ1) is 21.2. The minimum atomic E-state index is -0.215. The van der Waals surface area contributed by atoms with Crippen LogP contribution < -0.4 is 5.73 Å².